The maximum atomic E-state index is 12.5. The highest BCUT2D eigenvalue weighted by atomic mass is 16.5. The van der Waals surface area contributed by atoms with E-state index in [0.29, 0.717) is 11.3 Å². The number of nitrogens with one attached hydrogen (secondary N) is 1. The molecule has 7 nitrogen and oxygen atoms in total. The highest BCUT2D eigenvalue weighted by Gasteiger charge is 2.21. The lowest BCUT2D eigenvalue weighted by molar-refractivity contribution is -0.144. The molecule has 0 aliphatic rings. The van der Waals surface area contributed by atoms with Gasteiger partial charge in [-0.15, -0.1) is 0 Å². The molecule has 1 heterocycles. The quantitative estimate of drug-likeness (QED) is 0.581. The Hall–Kier alpha value is -3.22. The van der Waals surface area contributed by atoms with Crippen LogP contribution in [0.3, 0.4) is 0 Å². The highest BCUT2D eigenvalue weighted by Crippen LogP contribution is 2.18. The summed E-state index contributed by atoms with van der Waals surface area (Å²) in [6.07, 6.45) is 6.67. The van der Waals surface area contributed by atoms with Gasteiger partial charge < -0.3 is 14.8 Å². The smallest absolute Gasteiger partial charge is 0.332 e. The van der Waals surface area contributed by atoms with Crippen molar-refractivity contribution in [2.75, 3.05) is 6.61 Å². The van der Waals surface area contributed by atoms with Gasteiger partial charge in [-0.3, -0.25) is 4.79 Å². The molecule has 1 atom stereocenters. The van der Waals surface area contributed by atoms with Crippen molar-refractivity contribution in [2.24, 2.45) is 5.41 Å². The maximum absolute atomic E-state index is 12.5. The van der Waals surface area contributed by atoms with Crippen molar-refractivity contribution in [3.8, 4) is 11.8 Å². The summed E-state index contributed by atoms with van der Waals surface area (Å²) in [4.78, 5) is 32.7. The molecule has 148 valence electrons. The van der Waals surface area contributed by atoms with Crippen molar-refractivity contribution < 1.29 is 19.1 Å². The Morgan fingerprint density at radius 1 is 1.14 bits per heavy atom. The number of ether oxygens (including phenoxy) is 2. The second-order valence-corrected chi connectivity index (χ2v) is 7.09. The van der Waals surface area contributed by atoms with Gasteiger partial charge in [0.05, 0.1) is 6.61 Å². The van der Waals surface area contributed by atoms with Crippen LogP contribution in [0.25, 0.3) is 0 Å². The van der Waals surface area contributed by atoms with Crippen LogP contribution in [0.5, 0.6) is 11.8 Å². The highest BCUT2D eigenvalue weighted by molar-refractivity contribution is 5.97. The predicted octanol–water partition coefficient (Wildman–Crippen LogP) is 3.53. The van der Waals surface area contributed by atoms with E-state index in [-0.39, 0.29) is 23.9 Å². The van der Waals surface area contributed by atoms with Crippen LogP contribution in [-0.4, -0.2) is 34.5 Å². The first kappa shape index (κ1) is 21.1. The van der Waals surface area contributed by atoms with Crippen molar-refractivity contribution in [1.29, 1.82) is 0 Å². The van der Waals surface area contributed by atoms with Crippen molar-refractivity contribution in [3.63, 3.8) is 0 Å². The summed E-state index contributed by atoms with van der Waals surface area (Å²) >= 11 is 0. The number of allylic oxidation sites excluding steroid dienone is 1. The number of carbonyl (C=O) groups excluding carboxylic acids is 2. The van der Waals surface area contributed by atoms with Gasteiger partial charge in [-0.05, 0) is 42.7 Å². The molecule has 0 spiro atoms. The Balaban J connectivity index is 2.07. The lowest BCUT2D eigenvalue weighted by Gasteiger charge is -2.17. The average molecular weight is 383 g/mol. The standard InChI is InChI=1S/C21H25N3O4/c1-5-27-19(26)17(11-12-21(2,3)4)24-18(25)15-7-9-16(10-8-15)28-20-22-13-6-14-23-20/h6-14,17H,5H2,1-4H3,(H,24,25)/b12-11+. The van der Waals surface area contributed by atoms with Crippen LogP contribution < -0.4 is 10.1 Å². The molecule has 0 saturated heterocycles. The van der Waals surface area contributed by atoms with E-state index in [0.717, 1.165) is 0 Å². The number of aromatic nitrogens is 2. The zero-order valence-corrected chi connectivity index (χ0v) is 16.5. The van der Waals surface area contributed by atoms with Crippen LogP contribution in [0.4, 0.5) is 0 Å². The number of rotatable bonds is 7. The predicted molar refractivity (Wildman–Crippen MR) is 105 cm³/mol. The average Bonchev–Trinajstić information content (AvgIpc) is 2.66. The summed E-state index contributed by atoms with van der Waals surface area (Å²) in [7, 11) is 0. The van der Waals surface area contributed by atoms with Crippen molar-refractivity contribution in [2.45, 2.75) is 33.7 Å². The number of esters is 1. The summed E-state index contributed by atoms with van der Waals surface area (Å²) in [6.45, 7) is 7.97. The zero-order chi connectivity index (χ0) is 20.6. The lowest BCUT2D eigenvalue weighted by atomic mass is 9.95. The third kappa shape index (κ3) is 6.83. The Kier molecular flexibility index (Phi) is 7.26. The molecule has 2 rings (SSSR count). The SMILES string of the molecule is CCOC(=O)C(/C=C/C(C)(C)C)NC(=O)c1ccc(Oc2ncccn2)cc1. The van der Waals surface area contributed by atoms with E-state index >= 15 is 0 Å². The van der Waals surface area contributed by atoms with Gasteiger partial charge in [0.1, 0.15) is 11.8 Å². The van der Waals surface area contributed by atoms with Crippen LogP contribution in [-0.2, 0) is 9.53 Å². The number of amides is 1. The number of hydrogen-bond acceptors (Lipinski definition) is 6. The third-order valence-corrected chi connectivity index (χ3v) is 3.48. The third-order valence-electron chi connectivity index (χ3n) is 3.48. The van der Waals surface area contributed by atoms with Gasteiger partial charge in [0, 0.05) is 18.0 Å². The Morgan fingerprint density at radius 2 is 1.79 bits per heavy atom. The van der Waals surface area contributed by atoms with Crippen LogP contribution >= 0.6 is 0 Å². The van der Waals surface area contributed by atoms with Gasteiger partial charge in [0.2, 0.25) is 0 Å². The maximum Gasteiger partial charge on any atom is 0.332 e. The summed E-state index contributed by atoms with van der Waals surface area (Å²) in [5, 5.41) is 2.69. The molecule has 0 aliphatic carbocycles. The molecule has 1 amide bonds. The first-order valence-electron chi connectivity index (χ1n) is 9.00. The normalized spacial score (nSPS) is 12.4. The van der Waals surface area contributed by atoms with Gasteiger partial charge in [0.25, 0.3) is 5.91 Å². The first-order chi connectivity index (χ1) is 13.3. The van der Waals surface area contributed by atoms with Gasteiger partial charge in [-0.2, -0.15) is 0 Å². The summed E-state index contributed by atoms with van der Waals surface area (Å²) in [5.41, 5.74) is 0.258. The molecule has 0 radical (unpaired) electrons. The molecule has 1 unspecified atom stereocenters. The Bertz CT molecular complexity index is 812. The van der Waals surface area contributed by atoms with E-state index in [4.69, 9.17) is 9.47 Å². The van der Waals surface area contributed by atoms with E-state index in [1.165, 1.54) is 0 Å². The second-order valence-electron chi connectivity index (χ2n) is 7.09. The second kappa shape index (κ2) is 9.64. The van der Waals surface area contributed by atoms with E-state index in [1.807, 2.05) is 26.8 Å². The van der Waals surface area contributed by atoms with Gasteiger partial charge >= 0.3 is 12.0 Å². The molecule has 7 heteroatoms. The minimum Gasteiger partial charge on any atom is -0.464 e. The minimum atomic E-state index is -0.861. The molecule has 0 bridgehead atoms. The van der Waals surface area contributed by atoms with Crippen molar-refractivity contribution in [1.82, 2.24) is 15.3 Å². The minimum absolute atomic E-state index is 0.131. The summed E-state index contributed by atoms with van der Waals surface area (Å²) in [5.74, 6) is -0.394. The fraction of sp³-hybridized carbons (Fsp3) is 0.333. The largest absolute Gasteiger partial charge is 0.464 e. The first-order valence-corrected chi connectivity index (χ1v) is 9.00. The van der Waals surface area contributed by atoms with E-state index in [2.05, 4.69) is 15.3 Å². The molecular weight excluding hydrogens is 358 g/mol. The summed E-state index contributed by atoms with van der Waals surface area (Å²) in [6, 6.07) is 7.52. The molecule has 1 aromatic heterocycles. The van der Waals surface area contributed by atoms with Crippen LogP contribution in [0.1, 0.15) is 38.1 Å². The molecule has 28 heavy (non-hydrogen) atoms. The number of carbonyl (C=O) groups is 2. The number of hydrogen-bond donors (Lipinski definition) is 1. The fourth-order valence-corrected chi connectivity index (χ4v) is 2.14. The van der Waals surface area contributed by atoms with E-state index < -0.39 is 12.0 Å². The molecule has 1 N–H and O–H groups in total. The van der Waals surface area contributed by atoms with E-state index in [1.54, 1.807) is 55.7 Å². The van der Waals surface area contributed by atoms with E-state index in [9.17, 15) is 9.59 Å². The molecular formula is C21H25N3O4. The van der Waals surface area contributed by atoms with Crippen LogP contribution in [0.15, 0.2) is 54.9 Å². The summed E-state index contributed by atoms with van der Waals surface area (Å²) < 4.78 is 10.6. The molecule has 0 fully saturated rings. The number of benzene rings is 1. The fourth-order valence-electron chi connectivity index (χ4n) is 2.14. The molecule has 0 aliphatic heterocycles. The molecule has 0 saturated carbocycles. The van der Waals surface area contributed by atoms with Crippen LogP contribution in [0, 0.1) is 5.41 Å². The van der Waals surface area contributed by atoms with Crippen LogP contribution in [0.2, 0.25) is 0 Å². The van der Waals surface area contributed by atoms with Gasteiger partial charge in [0.15, 0.2) is 0 Å². The van der Waals surface area contributed by atoms with Crippen molar-refractivity contribution in [3.05, 3.63) is 60.4 Å². The van der Waals surface area contributed by atoms with Crippen molar-refractivity contribution >= 4 is 11.9 Å². The van der Waals surface area contributed by atoms with Gasteiger partial charge in [-0.1, -0.05) is 32.9 Å². The lowest BCUT2D eigenvalue weighted by Crippen LogP contribution is -2.40. The zero-order valence-electron chi connectivity index (χ0n) is 16.5. The molecule has 2 aromatic rings. The molecule has 1 aromatic carbocycles. The number of nitrogens with zero attached hydrogens (tertiary/aromatic N) is 2. The monoisotopic (exact) mass is 383 g/mol. The topological polar surface area (TPSA) is 90.4 Å². The van der Waals surface area contributed by atoms with Gasteiger partial charge in [-0.25, -0.2) is 14.8 Å². The Labute approximate surface area is 164 Å². The Morgan fingerprint density at radius 3 is 2.36 bits per heavy atom.